The van der Waals surface area contributed by atoms with E-state index in [4.69, 9.17) is 24.3 Å². The van der Waals surface area contributed by atoms with Gasteiger partial charge in [0.15, 0.2) is 6.23 Å². The van der Waals surface area contributed by atoms with E-state index in [0.29, 0.717) is 17.7 Å². The van der Waals surface area contributed by atoms with Gasteiger partial charge in [-0.3, -0.25) is 9.59 Å². The summed E-state index contributed by atoms with van der Waals surface area (Å²) in [6.45, 7) is 4.99. The summed E-state index contributed by atoms with van der Waals surface area (Å²) < 4.78 is 22.8. The molecule has 1 saturated heterocycles. The highest BCUT2D eigenvalue weighted by Gasteiger charge is 2.45. The van der Waals surface area contributed by atoms with Crippen LogP contribution in [-0.4, -0.2) is 70.3 Å². The van der Waals surface area contributed by atoms with Gasteiger partial charge in [-0.1, -0.05) is 24.3 Å². The lowest BCUT2D eigenvalue weighted by molar-refractivity contribution is -0.149. The maximum absolute atomic E-state index is 12.3. The molecule has 1 fully saturated rings. The van der Waals surface area contributed by atoms with E-state index in [0.717, 1.165) is 0 Å². The number of allylic oxidation sites excluding steroid dienone is 1. The summed E-state index contributed by atoms with van der Waals surface area (Å²) in [6.07, 6.45) is 0.547. The molecule has 1 amide bonds. The number of ether oxygens (including phenoxy) is 2. The van der Waals surface area contributed by atoms with Gasteiger partial charge in [0.1, 0.15) is 30.1 Å². The highest BCUT2D eigenvalue weighted by Crippen LogP contribution is 2.38. The number of esters is 1. The first-order valence-electron chi connectivity index (χ1n) is 11.2. The number of nitrogens with one attached hydrogen (secondary N) is 1. The molecule has 12 heteroatoms. The topological polar surface area (TPSA) is 153 Å². The van der Waals surface area contributed by atoms with E-state index in [1.165, 1.54) is 11.1 Å². The second-order valence-corrected chi connectivity index (χ2v) is 9.61. The number of hydrogen-bond acceptors (Lipinski definition) is 10. The fourth-order valence-corrected chi connectivity index (χ4v) is 4.56. The van der Waals surface area contributed by atoms with Crippen LogP contribution in [0.2, 0.25) is 0 Å². The van der Waals surface area contributed by atoms with Crippen LogP contribution < -0.4 is 15.3 Å². The van der Waals surface area contributed by atoms with Crippen LogP contribution in [0.25, 0.3) is 0 Å². The lowest BCUT2D eigenvalue weighted by Gasteiger charge is -2.28. The van der Waals surface area contributed by atoms with Crippen molar-refractivity contribution in [2.75, 3.05) is 6.61 Å². The second-order valence-electron chi connectivity index (χ2n) is 8.39. The van der Waals surface area contributed by atoms with Gasteiger partial charge in [0.25, 0.3) is 0 Å². The Bertz CT molecular complexity index is 929. The Morgan fingerprint density at radius 3 is 2.60 bits per heavy atom. The fourth-order valence-electron chi connectivity index (χ4n) is 3.37. The number of rotatable bonds is 11. The normalized spacial score (nSPS) is 25.8. The summed E-state index contributed by atoms with van der Waals surface area (Å²) >= 11 is 0. The maximum atomic E-state index is 12.3. The summed E-state index contributed by atoms with van der Waals surface area (Å²) in [5.74, 6) is -0.523. The maximum Gasteiger partial charge on any atom is 0.323 e. The quantitative estimate of drug-likeness (QED) is 0.253. The van der Waals surface area contributed by atoms with Gasteiger partial charge in [-0.25, -0.2) is 5.09 Å². The van der Waals surface area contributed by atoms with Crippen LogP contribution in [0.5, 0.6) is 5.75 Å². The van der Waals surface area contributed by atoms with Crippen molar-refractivity contribution in [2.24, 2.45) is 5.73 Å². The van der Waals surface area contributed by atoms with Crippen molar-refractivity contribution in [3.05, 3.63) is 54.4 Å². The molecule has 2 heterocycles. The zero-order valence-electron chi connectivity index (χ0n) is 19.8. The zero-order valence-corrected chi connectivity index (χ0v) is 20.7. The smallest absolute Gasteiger partial charge is 0.323 e. The summed E-state index contributed by atoms with van der Waals surface area (Å²) in [5, 5.41) is 24.1. The molecule has 0 radical (unpaired) electrons. The second kappa shape index (κ2) is 12.4. The first-order chi connectivity index (χ1) is 16.7. The first kappa shape index (κ1) is 27.1. The number of hydrogen-bond donors (Lipinski definition) is 4. The molecule has 192 valence electrons. The van der Waals surface area contributed by atoms with Crippen molar-refractivity contribution >= 4 is 20.4 Å². The van der Waals surface area contributed by atoms with Gasteiger partial charge in [-0.2, -0.15) is 0 Å². The van der Waals surface area contributed by atoms with Crippen molar-refractivity contribution in [3.8, 4) is 5.75 Å². The molecule has 0 aliphatic carbocycles. The number of nitrogens with two attached hydrogens (primary N) is 1. The number of carbonyl (C=O) groups is 2. The van der Waals surface area contributed by atoms with Crippen molar-refractivity contribution in [2.45, 2.75) is 63.9 Å². The average molecular weight is 509 g/mol. The first-order valence-corrected chi connectivity index (χ1v) is 12.4. The molecule has 2 aliphatic rings. The summed E-state index contributed by atoms with van der Waals surface area (Å²) in [6, 6.07) is 8.18. The minimum absolute atomic E-state index is 0.143. The largest absolute Gasteiger partial charge is 0.462 e. The molecule has 5 N–H and O–H groups in total. The van der Waals surface area contributed by atoms with Gasteiger partial charge in [-0.05, 0) is 39.3 Å². The molecule has 0 bridgehead atoms. The Balaban J connectivity index is 1.65. The molecule has 11 nitrogen and oxygen atoms in total. The number of carbonyl (C=O) groups excluding carboxylic acids is 2. The predicted octanol–water partition coefficient (Wildman–Crippen LogP) is 1.27. The van der Waals surface area contributed by atoms with Crippen LogP contribution in [0.15, 0.2) is 54.4 Å². The Hall–Kier alpha value is -2.53. The number of nitrogens with zero attached hydrogens (tertiary/aromatic N) is 1. The monoisotopic (exact) mass is 509 g/mol. The molecular formula is C23H32N3O8P. The van der Waals surface area contributed by atoms with Crippen LogP contribution in [0.3, 0.4) is 0 Å². The number of amides is 1. The van der Waals surface area contributed by atoms with Gasteiger partial charge in [0.05, 0.1) is 12.7 Å². The van der Waals surface area contributed by atoms with Gasteiger partial charge in [0, 0.05) is 18.0 Å². The Morgan fingerprint density at radius 1 is 1.23 bits per heavy atom. The average Bonchev–Trinajstić information content (AvgIpc) is 3.11. The third-order valence-corrected chi connectivity index (χ3v) is 6.52. The van der Waals surface area contributed by atoms with Crippen molar-refractivity contribution in [1.82, 2.24) is 9.99 Å². The molecule has 1 aromatic carbocycles. The van der Waals surface area contributed by atoms with Gasteiger partial charge >= 0.3 is 14.5 Å². The molecule has 6 unspecified atom stereocenters. The minimum atomic E-state index is -1.85. The number of aliphatic hydroxyl groups is 2. The van der Waals surface area contributed by atoms with Crippen molar-refractivity contribution in [3.63, 3.8) is 0 Å². The molecular weight excluding hydrogens is 477 g/mol. The van der Waals surface area contributed by atoms with E-state index >= 15 is 0 Å². The van der Waals surface area contributed by atoms with Crippen LogP contribution in [-0.2, 0) is 23.6 Å². The lowest BCUT2D eigenvalue weighted by Crippen LogP contribution is -2.40. The van der Waals surface area contributed by atoms with Crippen LogP contribution in [0, 0.1) is 0 Å². The number of benzene rings is 1. The SMILES string of the molecule is CC(C)OC(=O)C(C)NP(OCC1OC(N2C=CCC(C(N)=O)=C2)C(O)C1O)Oc1ccccc1. The zero-order chi connectivity index (χ0) is 25.5. The van der Waals surface area contributed by atoms with E-state index in [1.807, 2.05) is 6.07 Å². The predicted molar refractivity (Wildman–Crippen MR) is 127 cm³/mol. The van der Waals surface area contributed by atoms with Crippen LogP contribution in [0.4, 0.5) is 0 Å². The van der Waals surface area contributed by atoms with Crippen molar-refractivity contribution in [1.29, 1.82) is 0 Å². The van der Waals surface area contributed by atoms with Crippen molar-refractivity contribution < 1.29 is 38.3 Å². The summed E-state index contributed by atoms with van der Waals surface area (Å²) in [4.78, 5) is 25.3. The van der Waals surface area contributed by atoms with Gasteiger partial charge < -0.3 is 39.4 Å². The number of primary amides is 1. The lowest BCUT2D eigenvalue weighted by atomic mass is 10.1. The van der Waals surface area contributed by atoms with Crippen LogP contribution >= 0.6 is 8.53 Å². The minimum Gasteiger partial charge on any atom is -0.462 e. The van der Waals surface area contributed by atoms with E-state index in [9.17, 15) is 19.8 Å². The molecule has 0 spiro atoms. The third-order valence-electron chi connectivity index (χ3n) is 5.16. The molecule has 2 aliphatic heterocycles. The molecule has 0 saturated carbocycles. The van der Waals surface area contributed by atoms with Gasteiger partial charge in [0.2, 0.25) is 5.91 Å². The molecule has 35 heavy (non-hydrogen) atoms. The van der Waals surface area contributed by atoms with Gasteiger partial charge in [-0.15, -0.1) is 0 Å². The standard InChI is InChI=1S/C23H32N3O8P/c1-14(2)32-23(30)15(3)25-35(34-17-9-5-4-6-10-17)31-13-18-19(27)20(28)22(33-18)26-11-7-8-16(12-26)21(24)29/h4-7,9-12,14-15,18-20,22,25,27-28H,8,13H2,1-3H3,(H2,24,29). The van der Waals surface area contributed by atoms with E-state index in [1.54, 1.807) is 57.3 Å². The molecule has 1 aromatic rings. The Kier molecular flexibility index (Phi) is 9.62. The third kappa shape index (κ3) is 7.47. The van der Waals surface area contributed by atoms with E-state index < -0.39 is 51.0 Å². The molecule has 6 atom stereocenters. The summed E-state index contributed by atoms with van der Waals surface area (Å²) in [7, 11) is -1.85. The van der Waals surface area contributed by atoms with E-state index in [-0.39, 0.29) is 12.7 Å². The van der Waals surface area contributed by atoms with Crippen LogP contribution in [0.1, 0.15) is 27.2 Å². The highest BCUT2D eigenvalue weighted by atomic mass is 31.2. The fraction of sp³-hybridized carbons (Fsp3) is 0.478. The summed E-state index contributed by atoms with van der Waals surface area (Å²) in [5.41, 5.74) is 5.71. The molecule has 0 aromatic heterocycles. The Labute approximate surface area is 205 Å². The Morgan fingerprint density at radius 2 is 1.94 bits per heavy atom. The number of aliphatic hydroxyl groups excluding tert-OH is 2. The number of para-hydroxylation sites is 1. The highest BCUT2D eigenvalue weighted by molar-refractivity contribution is 7.45. The van der Waals surface area contributed by atoms with E-state index in [2.05, 4.69) is 5.09 Å². The molecule has 3 rings (SSSR count).